The van der Waals surface area contributed by atoms with Crippen molar-refractivity contribution >= 4 is 28.8 Å². The van der Waals surface area contributed by atoms with E-state index in [0.29, 0.717) is 87.8 Å². The second-order valence-electron chi connectivity index (χ2n) is 11.1. The van der Waals surface area contributed by atoms with Gasteiger partial charge in [0, 0.05) is 70.2 Å². The van der Waals surface area contributed by atoms with Crippen molar-refractivity contribution in [1.82, 2.24) is 29.0 Å². The molecule has 12 nitrogen and oxygen atoms in total. The molecule has 4 heterocycles. The number of ether oxygens (including phenoxy) is 1. The number of pyridine rings is 1. The minimum absolute atomic E-state index is 0.113. The van der Waals surface area contributed by atoms with E-state index in [0.717, 1.165) is 12.8 Å². The summed E-state index contributed by atoms with van der Waals surface area (Å²) in [6.45, 7) is 4.66. The fourth-order valence-electron chi connectivity index (χ4n) is 5.56. The molecule has 45 heavy (non-hydrogen) atoms. The van der Waals surface area contributed by atoms with Gasteiger partial charge in [0.1, 0.15) is 23.0 Å². The van der Waals surface area contributed by atoms with Crippen molar-refractivity contribution in [1.29, 1.82) is 0 Å². The van der Waals surface area contributed by atoms with Gasteiger partial charge in [0.2, 0.25) is 5.91 Å². The number of aromatic amines is 1. The molecule has 1 aromatic carbocycles. The first kappa shape index (κ1) is 31.8. The summed E-state index contributed by atoms with van der Waals surface area (Å²) in [5, 5.41) is 0. The molecular weight excluding hydrogens is 581 g/mol. The third-order valence-electron chi connectivity index (χ3n) is 7.90. The van der Waals surface area contributed by atoms with Crippen LogP contribution in [0.15, 0.2) is 52.2 Å². The maximum Gasteiger partial charge on any atom is 0.332 e. The Morgan fingerprint density at radius 3 is 2.49 bits per heavy atom. The molecule has 4 aromatic rings. The molecule has 1 N–H and O–H groups in total. The lowest BCUT2D eigenvalue weighted by atomic mass is 10.1. The molecule has 0 unspecified atom stereocenters. The highest BCUT2D eigenvalue weighted by Crippen LogP contribution is 2.23. The lowest BCUT2D eigenvalue weighted by molar-refractivity contribution is -0.127. The Labute approximate surface area is 259 Å². The van der Waals surface area contributed by atoms with Crippen LogP contribution in [0.2, 0.25) is 0 Å². The van der Waals surface area contributed by atoms with E-state index in [2.05, 4.69) is 15.0 Å². The maximum atomic E-state index is 13.6. The van der Waals surface area contributed by atoms with Crippen LogP contribution < -0.4 is 16.1 Å². The summed E-state index contributed by atoms with van der Waals surface area (Å²) in [5.41, 5.74) is 0.553. The number of aryl methyl sites for hydroxylation is 1. The summed E-state index contributed by atoms with van der Waals surface area (Å²) in [6.07, 6.45) is 5.51. The molecule has 13 heteroatoms. The summed E-state index contributed by atoms with van der Waals surface area (Å²) in [7, 11) is 1.62. The van der Waals surface area contributed by atoms with Crippen molar-refractivity contribution in [3.8, 4) is 11.4 Å². The van der Waals surface area contributed by atoms with Crippen LogP contribution in [0.3, 0.4) is 0 Å². The van der Waals surface area contributed by atoms with E-state index in [1.54, 1.807) is 30.3 Å². The predicted molar refractivity (Wildman–Crippen MR) is 168 cm³/mol. The van der Waals surface area contributed by atoms with E-state index in [-0.39, 0.29) is 23.0 Å². The Morgan fingerprint density at radius 2 is 1.82 bits per heavy atom. The SMILES string of the molecule is CCCn1c(=O)c2[nH]c(-c3ccc(N(CCCN4CCCC4=O)C(=O)c4ccc(F)cc4)nc3)nc2n(CCCCOC)c1=O. The van der Waals surface area contributed by atoms with Crippen LogP contribution in [-0.2, 0) is 22.6 Å². The number of hydrogen-bond donors (Lipinski definition) is 1. The molecule has 0 radical (unpaired) electrons. The zero-order valence-electron chi connectivity index (χ0n) is 25.6. The Bertz CT molecular complexity index is 1760. The predicted octanol–water partition coefficient (Wildman–Crippen LogP) is 3.58. The number of carbonyl (C=O) groups excluding carboxylic acids is 2. The van der Waals surface area contributed by atoms with Crippen LogP contribution in [0.5, 0.6) is 0 Å². The molecule has 1 aliphatic rings. The topological polar surface area (TPSA) is 135 Å². The van der Waals surface area contributed by atoms with E-state index < -0.39 is 17.1 Å². The van der Waals surface area contributed by atoms with Crippen molar-refractivity contribution in [2.24, 2.45) is 0 Å². The molecule has 238 valence electrons. The number of nitrogens with zero attached hydrogens (tertiary/aromatic N) is 6. The average molecular weight is 620 g/mol. The molecule has 0 aliphatic carbocycles. The quantitative estimate of drug-likeness (QED) is 0.213. The highest BCUT2D eigenvalue weighted by atomic mass is 19.1. The monoisotopic (exact) mass is 619 g/mol. The van der Waals surface area contributed by atoms with E-state index in [9.17, 15) is 23.6 Å². The molecule has 3 aromatic heterocycles. The van der Waals surface area contributed by atoms with Gasteiger partial charge in [-0.05, 0) is 68.5 Å². The number of H-pyrrole nitrogens is 1. The van der Waals surface area contributed by atoms with Gasteiger partial charge in [0.25, 0.3) is 11.5 Å². The second kappa shape index (κ2) is 14.4. The number of amides is 2. The van der Waals surface area contributed by atoms with E-state index in [1.807, 2.05) is 6.92 Å². The minimum atomic E-state index is -0.444. The summed E-state index contributed by atoms with van der Waals surface area (Å²) in [6, 6.07) is 8.74. The smallest absolute Gasteiger partial charge is 0.332 e. The number of unbranched alkanes of at least 4 members (excludes halogenated alkanes) is 1. The number of halogens is 1. The summed E-state index contributed by atoms with van der Waals surface area (Å²) in [4.78, 5) is 67.7. The van der Waals surface area contributed by atoms with Gasteiger partial charge in [-0.2, -0.15) is 0 Å². The lowest BCUT2D eigenvalue weighted by Crippen LogP contribution is -2.40. The van der Waals surface area contributed by atoms with Gasteiger partial charge in [-0.1, -0.05) is 6.92 Å². The number of anilines is 1. The average Bonchev–Trinajstić information content (AvgIpc) is 3.68. The summed E-state index contributed by atoms with van der Waals surface area (Å²) < 4.78 is 21.5. The standard InChI is InChI=1S/C32H38FN7O5/c1-3-15-40-31(43)27-29(39(32(40)44)18-4-5-20-45-2)36-28(35-27)23-11-14-25(34-21-23)38(19-7-17-37-16-6-8-26(37)41)30(42)22-9-12-24(33)13-10-22/h9-14,21H,3-8,15-20H2,1-2H3,(H,35,36). The van der Waals surface area contributed by atoms with Crippen LogP contribution in [0.25, 0.3) is 22.6 Å². The zero-order chi connectivity index (χ0) is 31.9. The van der Waals surface area contributed by atoms with Gasteiger partial charge < -0.3 is 14.6 Å². The van der Waals surface area contributed by atoms with E-state index in [4.69, 9.17) is 4.74 Å². The van der Waals surface area contributed by atoms with Crippen molar-refractivity contribution in [3.63, 3.8) is 0 Å². The molecular formula is C32H38FN7O5. The minimum Gasteiger partial charge on any atom is -0.385 e. The normalized spacial score (nSPS) is 13.2. The fraction of sp³-hybridized carbons (Fsp3) is 0.438. The number of carbonyl (C=O) groups is 2. The summed E-state index contributed by atoms with van der Waals surface area (Å²) >= 11 is 0. The van der Waals surface area contributed by atoms with E-state index >= 15 is 0 Å². The number of hydrogen-bond acceptors (Lipinski definition) is 7. The van der Waals surface area contributed by atoms with Gasteiger partial charge in [-0.3, -0.25) is 28.4 Å². The lowest BCUT2D eigenvalue weighted by Gasteiger charge is -2.24. The fourth-order valence-corrected chi connectivity index (χ4v) is 5.56. The third-order valence-corrected chi connectivity index (χ3v) is 7.90. The van der Waals surface area contributed by atoms with Gasteiger partial charge in [0.05, 0.1) is 0 Å². The van der Waals surface area contributed by atoms with Crippen molar-refractivity contribution in [3.05, 3.63) is 74.8 Å². The first-order chi connectivity index (χ1) is 21.8. The number of methoxy groups -OCH3 is 1. The Hall–Kier alpha value is -4.65. The molecule has 0 bridgehead atoms. The Balaban J connectivity index is 1.44. The van der Waals surface area contributed by atoms with Gasteiger partial charge >= 0.3 is 5.69 Å². The number of benzene rings is 1. The zero-order valence-corrected chi connectivity index (χ0v) is 25.6. The number of likely N-dealkylation sites (tertiary alicyclic amines) is 1. The third kappa shape index (κ3) is 7.03. The molecule has 0 atom stereocenters. The van der Waals surface area contributed by atoms with Gasteiger partial charge in [0.15, 0.2) is 5.65 Å². The number of aromatic nitrogens is 5. The highest BCUT2D eigenvalue weighted by Gasteiger charge is 2.23. The van der Waals surface area contributed by atoms with Crippen LogP contribution >= 0.6 is 0 Å². The van der Waals surface area contributed by atoms with Crippen molar-refractivity contribution in [2.45, 2.75) is 58.5 Å². The maximum absolute atomic E-state index is 13.6. The number of rotatable bonds is 14. The molecule has 1 saturated heterocycles. The molecule has 0 saturated carbocycles. The molecule has 5 rings (SSSR count). The van der Waals surface area contributed by atoms with Gasteiger partial charge in [-0.25, -0.2) is 19.2 Å². The van der Waals surface area contributed by atoms with Crippen molar-refractivity contribution in [2.75, 3.05) is 38.3 Å². The molecule has 1 fully saturated rings. The largest absolute Gasteiger partial charge is 0.385 e. The van der Waals surface area contributed by atoms with E-state index in [1.165, 1.54) is 38.3 Å². The Kier molecular flexibility index (Phi) is 10.2. The summed E-state index contributed by atoms with van der Waals surface area (Å²) in [5.74, 6) is 0.0600. The first-order valence-electron chi connectivity index (χ1n) is 15.4. The molecule has 1 aliphatic heterocycles. The number of imidazole rings is 1. The van der Waals surface area contributed by atoms with Crippen LogP contribution in [-0.4, -0.2) is 74.2 Å². The van der Waals surface area contributed by atoms with Crippen molar-refractivity contribution < 1.29 is 18.7 Å². The van der Waals surface area contributed by atoms with Crippen LogP contribution in [0.1, 0.15) is 55.8 Å². The second-order valence-corrected chi connectivity index (χ2v) is 11.1. The number of fused-ring (bicyclic) bond motifs is 1. The number of nitrogens with one attached hydrogen (secondary N) is 1. The van der Waals surface area contributed by atoms with Gasteiger partial charge in [-0.15, -0.1) is 0 Å². The molecule has 0 spiro atoms. The molecule has 2 amide bonds. The first-order valence-corrected chi connectivity index (χ1v) is 15.4. The van der Waals surface area contributed by atoms with Crippen LogP contribution in [0, 0.1) is 5.82 Å². The Morgan fingerprint density at radius 1 is 1.02 bits per heavy atom. The van der Waals surface area contributed by atoms with Crippen LogP contribution in [0.4, 0.5) is 10.2 Å². The highest BCUT2D eigenvalue weighted by molar-refractivity contribution is 6.05.